The van der Waals surface area contributed by atoms with Crippen LogP contribution in [-0.2, 0) is 6.42 Å². The summed E-state index contributed by atoms with van der Waals surface area (Å²) in [5.74, 6) is 0.344. The average Bonchev–Trinajstić information content (AvgIpc) is 2.50. The van der Waals surface area contributed by atoms with Gasteiger partial charge in [-0.25, -0.2) is 0 Å². The number of nitrogens with one attached hydrogen (secondary N) is 2. The molecule has 0 bridgehead atoms. The standard InChI is InChI=1S/C18H18N4O/c1-12-8-13(2)10-15(9-12)19-18-20-17(23)16(21-22-18)11-14-6-4-3-5-7-14/h3-10H,11H2,1-2H3,(H2,19,20,22,23). The van der Waals surface area contributed by atoms with Gasteiger partial charge in [-0.1, -0.05) is 36.4 Å². The number of hydrogen-bond donors (Lipinski definition) is 2. The summed E-state index contributed by atoms with van der Waals surface area (Å²) in [5, 5.41) is 11.2. The molecule has 2 aromatic carbocycles. The summed E-state index contributed by atoms with van der Waals surface area (Å²) in [6, 6.07) is 15.8. The maximum absolute atomic E-state index is 12.2. The lowest BCUT2D eigenvalue weighted by molar-refractivity contribution is 0.874. The van der Waals surface area contributed by atoms with Crippen LogP contribution in [0.3, 0.4) is 0 Å². The molecule has 0 saturated carbocycles. The van der Waals surface area contributed by atoms with E-state index in [9.17, 15) is 4.79 Å². The number of H-pyrrole nitrogens is 1. The summed E-state index contributed by atoms with van der Waals surface area (Å²) in [6.45, 7) is 4.05. The van der Waals surface area contributed by atoms with E-state index in [1.165, 1.54) is 0 Å². The molecule has 0 aliphatic carbocycles. The largest absolute Gasteiger partial charge is 0.324 e. The molecule has 0 fully saturated rings. The van der Waals surface area contributed by atoms with Gasteiger partial charge in [-0.15, -0.1) is 10.2 Å². The molecule has 3 rings (SSSR count). The van der Waals surface area contributed by atoms with Crippen molar-refractivity contribution in [3.63, 3.8) is 0 Å². The third-order valence-corrected chi connectivity index (χ3v) is 3.46. The van der Waals surface area contributed by atoms with E-state index in [0.29, 0.717) is 18.1 Å². The van der Waals surface area contributed by atoms with Crippen LogP contribution in [0, 0.1) is 13.8 Å². The fourth-order valence-electron chi connectivity index (χ4n) is 2.51. The summed E-state index contributed by atoms with van der Waals surface area (Å²) in [4.78, 5) is 14.9. The van der Waals surface area contributed by atoms with Gasteiger partial charge in [0.05, 0.1) is 0 Å². The van der Waals surface area contributed by atoms with Crippen molar-refractivity contribution in [2.24, 2.45) is 0 Å². The number of anilines is 2. The predicted molar refractivity (Wildman–Crippen MR) is 91.1 cm³/mol. The van der Waals surface area contributed by atoms with Gasteiger partial charge in [0.25, 0.3) is 5.56 Å². The van der Waals surface area contributed by atoms with Crippen LogP contribution in [0.4, 0.5) is 11.6 Å². The van der Waals surface area contributed by atoms with Crippen LogP contribution < -0.4 is 10.9 Å². The summed E-state index contributed by atoms with van der Waals surface area (Å²) < 4.78 is 0. The second kappa shape index (κ2) is 6.44. The van der Waals surface area contributed by atoms with Gasteiger partial charge in [-0.05, 0) is 42.7 Å². The maximum Gasteiger partial charge on any atom is 0.274 e. The minimum absolute atomic E-state index is 0.226. The number of nitrogens with zero attached hydrogens (tertiary/aromatic N) is 2. The summed E-state index contributed by atoms with van der Waals surface area (Å²) >= 11 is 0. The summed E-state index contributed by atoms with van der Waals surface area (Å²) in [6.07, 6.45) is 0.465. The van der Waals surface area contributed by atoms with Gasteiger partial charge in [0.15, 0.2) is 0 Å². The molecule has 0 aliphatic heterocycles. The molecular weight excluding hydrogens is 288 g/mol. The third-order valence-electron chi connectivity index (χ3n) is 3.46. The molecule has 2 N–H and O–H groups in total. The van der Waals surface area contributed by atoms with Crippen molar-refractivity contribution in [2.75, 3.05) is 5.32 Å². The van der Waals surface area contributed by atoms with Crippen molar-refractivity contribution < 1.29 is 0 Å². The van der Waals surface area contributed by atoms with Gasteiger partial charge in [0.2, 0.25) is 5.95 Å². The lowest BCUT2D eigenvalue weighted by Crippen LogP contribution is -2.18. The Morgan fingerprint density at radius 1 is 1.00 bits per heavy atom. The van der Waals surface area contributed by atoms with Gasteiger partial charge < -0.3 is 5.32 Å². The number of benzene rings is 2. The maximum atomic E-state index is 12.2. The molecule has 1 heterocycles. The number of aromatic amines is 1. The van der Waals surface area contributed by atoms with Crippen molar-refractivity contribution >= 4 is 11.6 Å². The normalized spacial score (nSPS) is 10.5. The van der Waals surface area contributed by atoms with Crippen molar-refractivity contribution in [2.45, 2.75) is 20.3 Å². The van der Waals surface area contributed by atoms with E-state index >= 15 is 0 Å². The molecule has 0 radical (unpaired) electrons. The van der Waals surface area contributed by atoms with Crippen LogP contribution in [0.1, 0.15) is 22.4 Å². The smallest absolute Gasteiger partial charge is 0.274 e. The van der Waals surface area contributed by atoms with E-state index in [1.807, 2.05) is 56.3 Å². The van der Waals surface area contributed by atoms with Crippen LogP contribution >= 0.6 is 0 Å². The zero-order valence-electron chi connectivity index (χ0n) is 13.1. The molecule has 1 aromatic heterocycles. The van der Waals surface area contributed by atoms with Crippen LogP contribution in [0.5, 0.6) is 0 Å². The molecule has 23 heavy (non-hydrogen) atoms. The van der Waals surface area contributed by atoms with Crippen LogP contribution in [0.15, 0.2) is 53.3 Å². The van der Waals surface area contributed by atoms with Gasteiger partial charge in [-0.2, -0.15) is 0 Å². The Labute approximate surface area is 134 Å². The Balaban J connectivity index is 1.80. The minimum atomic E-state index is -0.226. The molecule has 0 unspecified atom stereocenters. The van der Waals surface area contributed by atoms with E-state index in [-0.39, 0.29) is 5.56 Å². The molecule has 0 spiro atoms. The molecule has 116 valence electrons. The molecular formula is C18H18N4O. The first-order valence-corrected chi connectivity index (χ1v) is 7.45. The van der Waals surface area contributed by atoms with E-state index in [2.05, 4.69) is 26.6 Å². The lowest BCUT2D eigenvalue weighted by atomic mass is 10.1. The van der Waals surface area contributed by atoms with Crippen molar-refractivity contribution in [3.8, 4) is 0 Å². The average molecular weight is 306 g/mol. The van der Waals surface area contributed by atoms with Crippen LogP contribution in [-0.4, -0.2) is 15.2 Å². The number of rotatable bonds is 4. The Kier molecular flexibility index (Phi) is 4.19. The Morgan fingerprint density at radius 2 is 1.70 bits per heavy atom. The molecule has 0 aliphatic rings. The SMILES string of the molecule is Cc1cc(C)cc(Nc2nnc(Cc3ccccc3)c(=O)[nH]2)c1. The van der Waals surface area contributed by atoms with E-state index in [0.717, 1.165) is 22.4 Å². The van der Waals surface area contributed by atoms with Gasteiger partial charge >= 0.3 is 0 Å². The fraction of sp³-hybridized carbons (Fsp3) is 0.167. The topological polar surface area (TPSA) is 70.7 Å². The highest BCUT2D eigenvalue weighted by atomic mass is 16.1. The predicted octanol–water partition coefficient (Wildman–Crippen LogP) is 3.12. The number of aryl methyl sites for hydroxylation is 2. The highest BCUT2D eigenvalue weighted by molar-refractivity contribution is 5.55. The molecule has 5 nitrogen and oxygen atoms in total. The Morgan fingerprint density at radius 3 is 2.35 bits per heavy atom. The Hall–Kier alpha value is -2.95. The lowest BCUT2D eigenvalue weighted by Gasteiger charge is -2.07. The second-order valence-corrected chi connectivity index (χ2v) is 5.61. The monoisotopic (exact) mass is 306 g/mol. The first-order chi connectivity index (χ1) is 11.1. The fourth-order valence-corrected chi connectivity index (χ4v) is 2.51. The first-order valence-electron chi connectivity index (χ1n) is 7.45. The zero-order chi connectivity index (χ0) is 16.2. The van der Waals surface area contributed by atoms with Crippen LogP contribution in [0.2, 0.25) is 0 Å². The first kappa shape index (κ1) is 15.0. The highest BCUT2D eigenvalue weighted by Crippen LogP contribution is 2.16. The second-order valence-electron chi connectivity index (χ2n) is 5.61. The zero-order valence-corrected chi connectivity index (χ0v) is 13.1. The molecule has 0 atom stereocenters. The van der Waals surface area contributed by atoms with Crippen LogP contribution in [0.25, 0.3) is 0 Å². The minimum Gasteiger partial charge on any atom is -0.324 e. The van der Waals surface area contributed by atoms with E-state index in [4.69, 9.17) is 0 Å². The highest BCUT2D eigenvalue weighted by Gasteiger charge is 2.06. The van der Waals surface area contributed by atoms with Crippen molar-refractivity contribution in [3.05, 3.63) is 81.3 Å². The summed E-state index contributed by atoms with van der Waals surface area (Å²) in [7, 11) is 0. The van der Waals surface area contributed by atoms with Gasteiger partial charge in [0, 0.05) is 12.1 Å². The molecule has 0 saturated heterocycles. The summed E-state index contributed by atoms with van der Waals surface area (Å²) in [5.41, 5.74) is 4.37. The van der Waals surface area contributed by atoms with Gasteiger partial charge in [0.1, 0.15) is 5.69 Å². The van der Waals surface area contributed by atoms with Crippen molar-refractivity contribution in [1.82, 2.24) is 15.2 Å². The number of aromatic nitrogens is 3. The third kappa shape index (κ3) is 3.83. The quantitative estimate of drug-likeness (QED) is 0.777. The molecule has 3 aromatic rings. The van der Waals surface area contributed by atoms with E-state index < -0.39 is 0 Å². The van der Waals surface area contributed by atoms with E-state index in [1.54, 1.807) is 0 Å². The van der Waals surface area contributed by atoms with Crippen molar-refractivity contribution in [1.29, 1.82) is 0 Å². The van der Waals surface area contributed by atoms with Gasteiger partial charge in [-0.3, -0.25) is 9.78 Å². The molecule has 0 amide bonds. The molecule has 5 heteroatoms. The number of hydrogen-bond acceptors (Lipinski definition) is 4. The Bertz CT molecular complexity index is 851.